The van der Waals surface area contributed by atoms with Crippen molar-refractivity contribution >= 4 is 0 Å². The predicted octanol–water partition coefficient (Wildman–Crippen LogP) is 0.588. The van der Waals surface area contributed by atoms with Gasteiger partial charge in [-0.3, -0.25) is 0 Å². The summed E-state index contributed by atoms with van der Waals surface area (Å²) in [5, 5.41) is 24.8. The topological polar surface area (TPSA) is 67.8 Å². The molecule has 52 valence electrons. The van der Waals surface area contributed by atoms with Crippen molar-refractivity contribution in [2.75, 3.05) is 6.61 Å². The van der Waals surface area contributed by atoms with Crippen molar-refractivity contribution in [2.24, 2.45) is 5.92 Å². The summed E-state index contributed by atoms with van der Waals surface area (Å²) in [6, 6.07) is 3.63. The van der Waals surface area contributed by atoms with Gasteiger partial charge in [0.05, 0.1) is 18.7 Å². The van der Waals surface area contributed by atoms with E-state index in [-0.39, 0.29) is 6.61 Å². The summed E-state index contributed by atoms with van der Waals surface area (Å²) < 4.78 is 0. The third kappa shape index (κ3) is 3.65. The third-order valence-corrected chi connectivity index (χ3v) is 0.956. The number of nitriles is 2. The Hall–Kier alpha value is -1.32. The average Bonchev–Trinajstić information content (AvgIpc) is 1.99. The lowest BCUT2D eigenvalue weighted by molar-refractivity contribution is 0.342. The standard InChI is InChI=1S/C7H8N2O/c8-5-7(6-9)3-1-2-4-10/h1-2,7,10H,3-4H2/b2-1+. The van der Waals surface area contributed by atoms with E-state index in [0.717, 1.165) is 0 Å². The minimum atomic E-state index is -0.581. The van der Waals surface area contributed by atoms with Gasteiger partial charge in [0.25, 0.3) is 0 Å². The molecule has 0 atom stereocenters. The molecule has 0 spiro atoms. The lowest BCUT2D eigenvalue weighted by Crippen LogP contribution is -1.88. The molecule has 0 bridgehead atoms. The predicted molar refractivity (Wildman–Crippen MR) is 35.6 cm³/mol. The van der Waals surface area contributed by atoms with Gasteiger partial charge in [-0.05, 0) is 6.42 Å². The quantitative estimate of drug-likeness (QED) is 0.577. The Morgan fingerprint density at radius 3 is 2.30 bits per heavy atom. The van der Waals surface area contributed by atoms with Crippen LogP contribution >= 0.6 is 0 Å². The van der Waals surface area contributed by atoms with E-state index in [0.29, 0.717) is 6.42 Å². The number of allylic oxidation sites excluding steroid dienone is 1. The molecule has 0 unspecified atom stereocenters. The highest BCUT2D eigenvalue weighted by Gasteiger charge is 1.99. The Labute approximate surface area is 59.8 Å². The molecule has 0 aliphatic rings. The number of nitrogens with zero attached hydrogens (tertiary/aromatic N) is 2. The molecule has 0 rings (SSSR count). The Morgan fingerprint density at radius 2 is 1.90 bits per heavy atom. The van der Waals surface area contributed by atoms with Crippen LogP contribution < -0.4 is 0 Å². The van der Waals surface area contributed by atoms with E-state index < -0.39 is 5.92 Å². The number of hydrogen-bond donors (Lipinski definition) is 1. The van der Waals surface area contributed by atoms with Gasteiger partial charge in [0, 0.05) is 0 Å². The molecule has 0 heterocycles. The fraction of sp³-hybridized carbons (Fsp3) is 0.429. The van der Waals surface area contributed by atoms with Crippen LogP contribution in [-0.4, -0.2) is 11.7 Å². The number of hydrogen-bond acceptors (Lipinski definition) is 3. The molecule has 0 aromatic rings. The Bertz CT molecular complexity index is 171. The van der Waals surface area contributed by atoms with E-state index in [4.69, 9.17) is 15.6 Å². The molecule has 0 aromatic carbocycles. The second-order valence-electron chi connectivity index (χ2n) is 1.70. The van der Waals surface area contributed by atoms with E-state index in [1.165, 1.54) is 6.08 Å². The molecule has 0 fully saturated rings. The fourth-order valence-electron chi connectivity index (χ4n) is 0.441. The van der Waals surface area contributed by atoms with E-state index in [1.807, 2.05) is 12.1 Å². The lowest BCUT2D eigenvalue weighted by atomic mass is 10.1. The van der Waals surface area contributed by atoms with Crippen LogP contribution in [0.3, 0.4) is 0 Å². The molecule has 0 aliphatic heterocycles. The zero-order valence-electron chi connectivity index (χ0n) is 5.49. The largest absolute Gasteiger partial charge is 0.392 e. The van der Waals surface area contributed by atoms with Gasteiger partial charge in [-0.1, -0.05) is 12.2 Å². The Balaban J connectivity index is 3.60. The summed E-state index contributed by atoms with van der Waals surface area (Å²) in [7, 11) is 0. The van der Waals surface area contributed by atoms with Gasteiger partial charge in [-0.25, -0.2) is 0 Å². The third-order valence-electron chi connectivity index (χ3n) is 0.956. The van der Waals surface area contributed by atoms with Crippen molar-refractivity contribution in [3.05, 3.63) is 12.2 Å². The van der Waals surface area contributed by atoms with Crippen molar-refractivity contribution in [3.8, 4) is 12.1 Å². The number of aliphatic hydroxyl groups is 1. The maximum atomic E-state index is 8.27. The molecule has 0 radical (unpaired) electrons. The maximum Gasteiger partial charge on any atom is 0.136 e. The van der Waals surface area contributed by atoms with E-state index in [2.05, 4.69) is 0 Å². The first-order valence-electron chi connectivity index (χ1n) is 2.90. The summed E-state index contributed by atoms with van der Waals surface area (Å²) >= 11 is 0. The van der Waals surface area contributed by atoms with Gasteiger partial charge in [0.2, 0.25) is 0 Å². The van der Waals surface area contributed by atoms with Gasteiger partial charge in [-0.2, -0.15) is 10.5 Å². The highest BCUT2D eigenvalue weighted by atomic mass is 16.2. The highest BCUT2D eigenvalue weighted by Crippen LogP contribution is 1.99. The lowest BCUT2D eigenvalue weighted by Gasteiger charge is -1.88. The van der Waals surface area contributed by atoms with E-state index >= 15 is 0 Å². The van der Waals surface area contributed by atoms with Gasteiger partial charge >= 0.3 is 0 Å². The Kier molecular flexibility index (Phi) is 5.04. The molecule has 0 saturated heterocycles. The second-order valence-corrected chi connectivity index (χ2v) is 1.70. The monoisotopic (exact) mass is 136 g/mol. The minimum Gasteiger partial charge on any atom is -0.392 e. The molecule has 0 aromatic heterocycles. The Morgan fingerprint density at radius 1 is 1.30 bits per heavy atom. The minimum absolute atomic E-state index is 0.0381. The van der Waals surface area contributed by atoms with Gasteiger partial charge in [0.1, 0.15) is 5.92 Å². The first kappa shape index (κ1) is 8.68. The summed E-state index contributed by atoms with van der Waals surface area (Å²) in [4.78, 5) is 0. The zero-order valence-corrected chi connectivity index (χ0v) is 5.49. The molecular formula is C7H8N2O. The first-order valence-corrected chi connectivity index (χ1v) is 2.90. The molecule has 1 N–H and O–H groups in total. The molecule has 10 heavy (non-hydrogen) atoms. The van der Waals surface area contributed by atoms with Crippen LogP contribution in [0.2, 0.25) is 0 Å². The van der Waals surface area contributed by atoms with Crippen molar-refractivity contribution in [1.82, 2.24) is 0 Å². The molecule has 3 heteroatoms. The fourth-order valence-corrected chi connectivity index (χ4v) is 0.441. The number of rotatable bonds is 3. The zero-order chi connectivity index (χ0) is 7.82. The van der Waals surface area contributed by atoms with Crippen LogP contribution in [-0.2, 0) is 0 Å². The summed E-state index contributed by atoms with van der Waals surface area (Å²) in [5.74, 6) is -0.581. The summed E-state index contributed by atoms with van der Waals surface area (Å²) in [6.07, 6.45) is 3.53. The van der Waals surface area contributed by atoms with Gasteiger partial charge in [-0.15, -0.1) is 0 Å². The van der Waals surface area contributed by atoms with Crippen molar-refractivity contribution in [3.63, 3.8) is 0 Å². The summed E-state index contributed by atoms with van der Waals surface area (Å²) in [6.45, 7) is -0.0381. The average molecular weight is 136 g/mol. The smallest absolute Gasteiger partial charge is 0.136 e. The first-order chi connectivity index (χ1) is 4.85. The molecule has 0 amide bonds. The highest BCUT2D eigenvalue weighted by molar-refractivity contribution is 5.03. The van der Waals surface area contributed by atoms with E-state index in [9.17, 15) is 0 Å². The van der Waals surface area contributed by atoms with Crippen LogP contribution in [0.4, 0.5) is 0 Å². The summed E-state index contributed by atoms with van der Waals surface area (Å²) in [5.41, 5.74) is 0. The molecule has 0 aliphatic carbocycles. The SMILES string of the molecule is N#CC(C#N)C/C=C/CO. The van der Waals surface area contributed by atoms with Crippen molar-refractivity contribution < 1.29 is 5.11 Å². The van der Waals surface area contributed by atoms with Crippen molar-refractivity contribution in [2.45, 2.75) is 6.42 Å². The maximum absolute atomic E-state index is 8.27. The van der Waals surface area contributed by atoms with Gasteiger partial charge < -0.3 is 5.11 Å². The number of aliphatic hydroxyl groups excluding tert-OH is 1. The van der Waals surface area contributed by atoms with Crippen LogP contribution in [0, 0.1) is 28.6 Å². The van der Waals surface area contributed by atoms with Crippen LogP contribution in [0.25, 0.3) is 0 Å². The molecule has 0 saturated carbocycles. The molecule has 3 nitrogen and oxygen atoms in total. The molecular weight excluding hydrogens is 128 g/mol. The van der Waals surface area contributed by atoms with Crippen LogP contribution in [0.1, 0.15) is 6.42 Å². The second kappa shape index (κ2) is 5.81. The van der Waals surface area contributed by atoms with Gasteiger partial charge in [0.15, 0.2) is 0 Å². The van der Waals surface area contributed by atoms with Crippen LogP contribution in [0.5, 0.6) is 0 Å². The van der Waals surface area contributed by atoms with Crippen molar-refractivity contribution in [1.29, 1.82) is 10.5 Å². The van der Waals surface area contributed by atoms with Crippen LogP contribution in [0.15, 0.2) is 12.2 Å². The van der Waals surface area contributed by atoms with E-state index in [1.54, 1.807) is 6.08 Å². The normalized spacial score (nSPS) is 9.60.